The largest absolute Gasteiger partial charge is 0.378 e. The third-order valence-corrected chi connectivity index (χ3v) is 5.47. The van der Waals surface area contributed by atoms with Crippen molar-refractivity contribution in [3.63, 3.8) is 0 Å². The van der Waals surface area contributed by atoms with Gasteiger partial charge in [0.1, 0.15) is 0 Å². The Bertz CT molecular complexity index is 540. The second-order valence-electron chi connectivity index (χ2n) is 6.66. The van der Waals surface area contributed by atoms with Crippen molar-refractivity contribution in [1.82, 2.24) is 15.1 Å². The maximum atomic E-state index is 12.5. The van der Waals surface area contributed by atoms with Gasteiger partial charge in [0.25, 0.3) is 0 Å². The van der Waals surface area contributed by atoms with E-state index in [4.69, 9.17) is 4.74 Å². The number of hydrogen-bond acceptors (Lipinski definition) is 4. The van der Waals surface area contributed by atoms with Gasteiger partial charge in [-0.2, -0.15) is 0 Å². The number of nitrogens with one attached hydrogen (secondary N) is 1. The molecule has 0 aromatic rings. The lowest BCUT2D eigenvalue weighted by Crippen LogP contribution is -2.48. The summed E-state index contributed by atoms with van der Waals surface area (Å²) < 4.78 is 5.21. The highest BCUT2D eigenvalue weighted by atomic mass is 16.5. The van der Waals surface area contributed by atoms with Gasteiger partial charge >= 0.3 is 6.03 Å². The zero-order valence-corrected chi connectivity index (χ0v) is 12.9. The summed E-state index contributed by atoms with van der Waals surface area (Å²) in [6.45, 7) is 2.82. The zero-order chi connectivity index (χ0) is 16.0. The van der Waals surface area contributed by atoms with E-state index in [2.05, 4.69) is 17.5 Å². The number of ether oxygens (including phenoxy) is 1. The number of morpholine rings is 1. The van der Waals surface area contributed by atoms with Gasteiger partial charge in [-0.05, 0) is 18.3 Å². The fourth-order valence-electron chi connectivity index (χ4n) is 4.34. The van der Waals surface area contributed by atoms with Crippen LogP contribution in [-0.2, 0) is 14.3 Å². The lowest BCUT2D eigenvalue weighted by atomic mass is 9.85. The molecule has 1 N–H and O–H groups in total. The number of allylic oxidation sites excluding steroid dienone is 2. The number of rotatable bonds is 3. The van der Waals surface area contributed by atoms with Crippen LogP contribution in [0, 0.1) is 23.7 Å². The second-order valence-corrected chi connectivity index (χ2v) is 6.66. The highest BCUT2D eigenvalue weighted by Gasteiger charge is 2.58. The van der Waals surface area contributed by atoms with Crippen LogP contribution in [0.25, 0.3) is 0 Å². The van der Waals surface area contributed by atoms with E-state index in [1.165, 1.54) is 4.90 Å². The fraction of sp³-hybridized carbons (Fsp3) is 0.688. The van der Waals surface area contributed by atoms with Gasteiger partial charge in [0.05, 0.1) is 25.0 Å². The van der Waals surface area contributed by atoms with Gasteiger partial charge in [0, 0.05) is 26.2 Å². The van der Waals surface area contributed by atoms with Crippen LogP contribution >= 0.6 is 0 Å². The molecule has 4 atom stereocenters. The van der Waals surface area contributed by atoms with E-state index in [1.807, 2.05) is 0 Å². The van der Waals surface area contributed by atoms with Crippen LogP contribution in [0.2, 0.25) is 0 Å². The monoisotopic (exact) mass is 319 g/mol. The van der Waals surface area contributed by atoms with Crippen molar-refractivity contribution in [3.8, 4) is 0 Å². The molecule has 2 aliphatic carbocycles. The SMILES string of the molecule is O=C(NCCN1C(=O)[C@H]2[C@H](C1=O)[C@H]1C=C[C@H]2C1)N1CCOCC1. The molecule has 4 aliphatic rings. The first-order chi connectivity index (χ1) is 11.2. The number of fused-ring (bicyclic) bond motifs is 5. The Kier molecular flexibility index (Phi) is 3.60. The molecule has 2 aliphatic heterocycles. The first-order valence-electron chi connectivity index (χ1n) is 8.31. The van der Waals surface area contributed by atoms with E-state index < -0.39 is 0 Å². The second kappa shape index (κ2) is 5.63. The van der Waals surface area contributed by atoms with E-state index >= 15 is 0 Å². The average molecular weight is 319 g/mol. The first kappa shape index (κ1) is 14.7. The molecule has 4 amide bonds. The molecule has 124 valence electrons. The molecule has 7 heteroatoms. The van der Waals surface area contributed by atoms with Crippen LogP contribution < -0.4 is 5.32 Å². The maximum Gasteiger partial charge on any atom is 0.317 e. The van der Waals surface area contributed by atoms with Gasteiger partial charge in [-0.1, -0.05) is 12.2 Å². The summed E-state index contributed by atoms with van der Waals surface area (Å²) >= 11 is 0. The van der Waals surface area contributed by atoms with Crippen molar-refractivity contribution in [3.05, 3.63) is 12.2 Å². The van der Waals surface area contributed by atoms with E-state index in [9.17, 15) is 14.4 Å². The quantitative estimate of drug-likeness (QED) is 0.579. The van der Waals surface area contributed by atoms with Crippen LogP contribution in [0.3, 0.4) is 0 Å². The van der Waals surface area contributed by atoms with Crippen LogP contribution in [-0.4, -0.2) is 67.0 Å². The Hall–Kier alpha value is -1.89. The van der Waals surface area contributed by atoms with E-state index in [-0.39, 0.29) is 48.1 Å². The summed E-state index contributed by atoms with van der Waals surface area (Å²) in [5, 5.41) is 2.79. The first-order valence-corrected chi connectivity index (χ1v) is 8.31. The van der Waals surface area contributed by atoms with E-state index in [1.54, 1.807) is 4.90 Å². The number of hydrogen-bond donors (Lipinski definition) is 1. The Morgan fingerprint density at radius 1 is 1.13 bits per heavy atom. The molecule has 0 radical (unpaired) electrons. The summed E-state index contributed by atoms with van der Waals surface area (Å²) in [6.07, 6.45) is 5.11. The Morgan fingerprint density at radius 3 is 2.35 bits per heavy atom. The summed E-state index contributed by atoms with van der Waals surface area (Å²) in [5.41, 5.74) is 0. The number of carbonyl (C=O) groups is 3. The molecule has 2 heterocycles. The molecule has 2 saturated heterocycles. The van der Waals surface area contributed by atoms with Crippen molar-refractivity contribution >= 4 is 17.8 Å². The fourth-order valence-corrected chi connectivity index (χ4v) is 4.34. The molecule has 2 bridgehead atoms. The standard InChI is InChI=1S/C16H21N3O4/c20-14-12-10-1-2-11(9-10)13(12)15(21)19(14)4-3-17-16(22)18-5-7-23-8-6-18/h1-2,10-13H,3-9H2,(H,17,22)/t10-,11-,12+,13+/m0/s1. The van der Waals surface area contributed by atoms with Crippen molar-refractivity contribution in [2.75, 3.05) is 39.4 Å². The topological polar surface area (TPSA) is 79.0 Å². The Labute approximate surface area is 134 Å². The summed E-state index contributed by atoms with van der Waals surface area (Å²) in [5.74, 6) is 0.0265. The molecule has 0 spiro atoms. The number of nitrogens with zero attached hydrogens (tertiary/aromatic N) is 2. The average Bonchev–Trinajstić information content (AvgIpc) is 3.25. The third kappa shape index (κ3) is 2.34. The lowest BCUT2D eigenvalue weighted by molar-refractivity contribution is -0.140. The normalized spacial score (nSPS) is 35.1. The van der Waals surface area contributed by atoms with Crippen LogP contribution in [0.4, 0.5) is 4.79 Å². The van der Waals surface area contributed by atoms with Gasteiger partial charge in [-0.3, -0.25) is 14.5 Å². The highest BCUT2D eigenvalue weighted by molar-refractivity contribution is 6.06. The molecule has 0 aromatic heterocycles. The van der Waals surface area contributed by atoms with Crippen molar-refractivity contribution in [1.29, 1.82) is 0 Å². The zero-order valence-electron chi connectivity index (χ0n) is 12.9. The maximum absolute atomic E-state index is 12.5. The van der Waals surface area contributed by atoms with E-state index in [0.717, 1.165) is 6.42 Å². The molecule has 3 fully saturated rings. The lowest BCUT2D eigenvalue weighted by Gasteiger charge is -2.27. The number of urea groups is 1. The molecule has 23 heavy (non-hydrogen) atoms. The molecule has 7 nitrogen and oxygen atoms in total. The van der Waals surface area contributed by atoms with Crippen LogP contribution in [0.5, 0.6) is 0 Å². The van der Waals surface area contributed by atoms with Crippen molar-refractivity contribution in [2.45, 2.75) is 6.42 Å². The van der Waals surface area contributed by atoms with Crippen LogP contribution in [0.1, 0.15) is 6.42 Å². The number of amides is 4. The van der Waals surface area contributed by atoms with E-state index in [0.29, 0.717) is 32.8 Å². The predicted octanol–water partition coefficient (Wildman–Crippen LogP) is -0.165. The smallest absolute Gasteiger partial charge is 0.317 e. The van der Waals surface area contributed by atoms with Gasteiger partial charge in [-0.25, -0.2) is 4.79 Å². The number of carbonyl (C=O) groups excluding carboxylic acids is 3. The molecular weight excluding hydrogens is 298 g/mol. The molecule has 1 saturated carbocycles. The predicted molar refractivity (Wildman–Crippen MR) is 80.2 cm³/mol. The third-order valence-electron chi connectivity index (χ3n) is 5.47. The molecule has 4 rings (SSSR count). The summed E-state index contributed by atoms with van der Waals surface area (Å²) in [7, 11) is 0. The van der Waals surface area contributed by atoms with Crippen molar-refractivity contribution in [2.24, 2.45) is 23.7 Å². The minimum atomic E-state index is -0.160. The molecule has 0 unspecified atom stereocenters. The number of imide groups is 1. The summed E-state index contributed by atoms with van der Waals surface area (Å²) in [4.78, 5) is 40.0. The molecule has 0 aromatic carbocycles. The Balaban J connectivity index is 1.31. The minimum Gasteiger partial charge on any atom is -0.378 e. The van der Waals surface area contributed by atoms with Gasteiger partial charge < -0.3 is 15.0 Å². The van der Waals surface area contributed by atoms with Gasteiger partial charge in [0.15, 0.2) is 0 Å². The molecular formula is C16H21N3O4. The highest BCUT2D eigenvalue weighted by Crippen LogP contribution is 2.52. The minimum absolute atomic E-state index is 0.0579. The van der Waals surface area contributed by atoms with Crippen molar-refractivity contribution < 1.29 is 19.1 Å². The summed E-state index contributed by atoms with van der Waals surface area (Å²) in [6, 6.07) is -0.158. The number of likely N-dealkylation sites (tertiary alicyclic amines) is 1. The van der Waals surface area contributed by atoms with Crippen LogP contribution in [0.15, 0.2) is 12.2 Å². The van der Waals surface area contributed by atoms with Gasteiger partial charge in [-0.15, -0.1) is 0 Å². The van der Waals surface area contributed by atoms with Gasteiger partial charge in [0.2, 0.25) is 11.8 Å². The Morgan fingerprint density at radius 2 is 1.74 bits per heavy atom.